The molecule has 0 heterocycles. The average Bonchev–Trinajstić information content (AvgIpc) is 2.29. The van der Waals surface area contributed by atoms with Crippen molar-refractivity contribution in [3.8, 4) is 0 Å². The fraction of sp³-hybridized carbons (Fsp3) is 0.273. The van der Waals surface area contributed by atoms with Crippen LogP contribution in [0.25, 0.3) is 0 Å². The van der Waals surface area contributed by atoms with Crippen LogP contribution in [0, 0.1) is 5.82 Å². The number of thiocarbonyl (C=S) groups is 1. The molecule has 0 saturated heterocycles. The van der Waals surface area contributed by atoms with Crippen molar-refractivity contribution in [1.82, 2.24) is 0 Å². The van der Waals surface area contributed by atoms with E-state index >= 15 is 0 Å². The molecule has 0 unspecified atom stereocenters. The second kappa shape index (κ2) is 6.65. The van der Waals surface area contributed by atoms with Crippen LogP contribution >= 0.6 is 28.1 Å². The summed E-state index contributed by atoms with van der Waals surface area (Å²) in [5, 5.41) is 2.88. The Morgan fingerprint density at radius 1 is 1.44 bits per heavy atom. The first-order chi connectivity index (χ1) is 8.43. The molecule has 0 bridgehead atoms. The molecule has 1 aromatic carbocycles. The van der Waals surface area contributed by atoms with E-state index in [0.29, 0.717) is 24.2 Å². The van der Waals surface area contributed by atoms with Gasteiger partial charge in [-0.2, -0.15) is 0 Å². The maximum Gasteiger partial charge on any atom is 0.217 e. The molecule has 0 radical (unpaired) electrons. The normalized spacial score (nSPS) is 10.1. The third-order valence-electron chi connectivity index (χ3n) is 2.26. The lowest BCUT2D eigenvalue weighted by atomic mass is 10.2. The van der Waals surface area contributed by atoms with Crippen molar-refractivity contribution >= 4 is 44.7 Å². The van der Waals surface area contributed by atoms with E-state index in [2.05, 4.69) is 21.2 Å². The van der Waals surface area contributed by atoms with Gasteiger partial charge in [-0.1, -0.05) is 12.2 Å². The van der Waals surface area contributed by atoms with Gasteiger partial charge in [0, 0.05) is 18.5 Å². The number of nitrogens with one attached hydrogen (secondary N) is 1. The minimum absolute atomic E-state index is 0.126. The van der Waals surface area contributed by atoms with Crippen molar-refractivity contribution < 1.29 is 9.18 Å². The van der Waals surface area contributed by atoms with Gasteiger partial charge in [0.05, 0.1) is 10.2 Å². The quantitative estimate of drug-likeness (QED) is 0.548. The number of nitrogens with two attached hydrogens (primary N) is 2. The van der Waals surface area contributed by atoms with E-state index in [-0.39, 0.29) is 21.8 Å². The van der Waals surface area contributed by atoms with Gasteiger partial charge >= 0.3 is 0 Å². The molecule has 7 heteroatoms. The zero-order chi connectivity index (χ0) is 13.7. The Hall–Kier alpha value is -1.21. The van der Waals surface area contributed by atoms with Crippen LogP contribution in [0.3, 0.4) is 0 Å². The average molecular weight is 334 g/mol. The van der Waals surface area contributed by atoms with Crippen LogP contribution in [0.1, 0.15) is 18.4 Å². The van der Waals surface area contributed by atoms with Gasteiger partial charge in [0.1, 0.15) is 4.99 Å². The van der Waals surface area contributed by atoms with E-state index in [1.54, 1.807) is 12.1 Å². The lowest BCUT2D eigenvalue weighted by Crippen LogP contribution is -2.14. The summed E-state index contributed by atoms with van der Waals surface area (Å²) in [5.74, 6) is -0.832. The summed E-state index contributed by atoms with van der Waals surface area (Å²) in [4.78, 5) is 10.7. The van der Waals surface area contributed by atoms with Gasteiger partial charge in [0.2, 0.25) is 5.91 Å². The first kappa shape index (κ1) is 14.8. The summed E-state index contributed by atoms with van der Waals surface area (Å²) >= 11 is 7.90. The number of carbonyl (C=O) groups excluding carboxylic acids is 1. The molecule has 4 nitrogen and oxygen atoms in total. The number of halogens is 2. The van der Waals surface area contributed by atoms with Gasteiger partial charge in [-0.05, 0) is 34.5 Å². The van der Waals surface area contributed by atoms with E-state index in [0.717, 1.165) is 0 Å². The highest BCUT2D eigenvalue weighted by atomic mass is 79.9. The lowest BCUT2D eigenvalue weighted by Gasteiger charge is -2.10. The highest BCUT2D eigenvalue weighted by Gasteiger charge is 2.12. The number of hydrogen-bond donors (Lipinski definition) is 3. The second-order valence-corrected chi connectivity index (χ2v) is 4.88. The van der Waals surface area contributed by atoms with E-state index in [1.807, 2.05) is 0 Å². The molecular weight excluding hydrogens is 321 g/mol. The molecule has 0 saturated carbocycles. The molecule has 1 aromatic rings. The van der Waals surface area contributed by atoms with Gasteiger partial charge in [-0.25, -0.2) is 4.39 Å². The predicted octanol–water partition coefficient (Wildman–Crippen LogP) is 1.90. The first-order valence-electron chi connectivity index (χ1n) is 5.23. The number of amides is 1. The minimum atomic E-state index is -0.459. The van der Waals surface area contributed by atoms with E-state index < -0.39 is 5.82 Å². The zero-order valence-corrected chi connectivity index (χ0v) is 11.9. The number of carbonyl (C=O) groups is 1. The molecule has 0 atom stereocenters. The van der Waals surface area contributed by atoms with Crippen LogP contribution in [-0.2, 0) is 4.79 Å². The Morgan fingerprint density at radius 2 is 2.11 bits per heavy atom. The molecule has 1 amide bonds. The topological polar surface area (TPSA) is 81.1 Å². The van der Waals surface area contributed by atoms with Gasteiger partial charge < -0.3 is 16.8 Å². The number of anilines is 1. The molecule has 5 N–H and O–H groups in total. The Labute approximate surface area is 118 Å². The number of benzene rings is 1. The monoisotopic (exact) mass is 333 g/mol. The highest BCUT2D eigenvalue weighted by molar-refractivity contribution is 9.10. The molecule has 0 aliphatic rings. The fourth-order valence-electron chi connectivity index (χ4n) is 1.36. The van der Waals surface area contributed by atoms with Gasteiger partial charge in [0.15, 0.2) is 5.82 Å². The summed E-state index contributed by atoms with van der Waals surface area (Å²) in [6, 6.07) is 3.19. The molecular formula is C11H13BrFN3OS. The van der Waals surface area contributed by atoms with Crippen molar-refractivity contribution in [1.29, 1.82) is 0 Å². The van der Waals surface area contributed by atoms with Crippen LogP contribution < -0.4 is 16.8 Å². The molecule has 1 rings (SSSR count). The van der Waals surface area contributed by atoms with E-state index in [1.165, 1.54) is 0 Å². The maximum atomic E-state index is 13.9. The predicted molar refractivity (Wildman–Crippen MR) is 76.9 cm³/mol. The van der Waals surface area contributed by atoms with Crippen LogP contribution in [0.5, 0.6) is 0 Å². The summed E-state index contributed by atoms with van der Waals surface area (Å²) in [5.41, 5.74) is 11.2. The van der Waals surface area contributed by atoms with Crippen LogP contribution in [0.2, 0.25) is 0 Å². The SMILES string of the molecule is NC(=O)CCCNc1ccc(C(N)=S)c(Br)c1F. The zero-order valence-electron chi connectivity index (χ0n) is 9.50. The lowest BCUT2D eigenvalue weighted by molar-refractivity contribution is -0.118. The van der Waals surface area contributed by atoms with Crippen molar-refractivity contribution in [3.63, 3.8) is 0 Å². The Bertz CT molecular complexity index is 482. The Balaban J connectivity index is 2.71. The Morgan fingerprint density at radius 3 is 2.67 bits per heavy atom. The minimum Gasteiger partial charge on any atom is -0.389 e. The van der Waals surface area contributed by atoms with Crippen molar-refractivity contribution in [2.24, 2.45) is 11.5 Å². The molecule has 0 fully saturated rings. The van der Waals surface area contributed by atoms with Crippen LogP contribution in [-0.4, -0.2) is 17.4 Å². The first-order valence-corrected chi connectivity index (χ1v) is 6.43. The van der Waals surface area contributed by atoms with Crippen LogP contribution in [0.4, 0.5) is 10.1 Å². The largest absolute Gasteiger partial charge is 0.389 e. The molecule has 0 aliphatic carbocycles. The third-order valence-corrected chi connectivity index (χ3v) is 3.26. The molecule has 0 aliphatic heterocycles. The number of primary amides is 1. The molecule has 0 aromatic heterocycles. The smallest absolute Gasteiger partial charge is 0.217 e. The van der Waals surface area contributed by atoms with Crippen LogP contribution in [0.15, 0.2) is 16.6 Å². The van der Waals surface area contributed by atoms with Crippen molar-refractivity contribution in [2.45, 2.75) is 12.8 Å². The molecule has 18 heavy (non-hydrogen) atoms. The maximum absolute atomic E-state index is 13.9. The Kier molecular flexibility index (Phi) is 5.49. The summed E-state index contributed by atoms with van der Waals surface area (Å²) < 4.78 is 14.1. The standard InChI is InChI=1S/C11H13BrFN3OS/c12-9-6(11(15)18)3-4-7(10(9)13)16-5-1-2-8(14)17/h3-4,16H,1-2,5H2,(H2,14,17)(H2,15,18). The highest BCUT2D eigenvalue weighted by Crippen LogP contribution is 2.27. The second-order valence-electron chi connectivity index (χ2n) is 3.65. The van der Waals surface area contributed by atoms with E-state index in [9.17, 15) is 9.18 Å². The number of rotatable bonds is 6. The summed E-state index contributed by atoms with van der Waals surface area (Å²) in [7, 11) is 0. The summed E-state index contributed by atoms with van der Waals surface area (Å²) in [6.45, 7) is 0.457. The fourth-order valence-corrected chi connectivity index (χ4v) is 2.22. The van der Waals surface area contributed by atoms with Gasteiger partial charge in [0.25, 0.3) is 0 Å². The van der Waals surface area contributed by atoms with E-state index in [4.69, 9.17) is 23.7 Å². The third kappa shape index (κ3) is 3.92. The molecule has 0 spiro atoms. The van der Waals surface area contributed by atoms with Crippen molar-refractivity contribution in [3.05, 3.63) is 28.0 Å². The number of hydrogen-bond acceptors (Lipinski definition) is 3. The van der Waals surface area contributed by atoms with Crippen molar-refractivity contribution in [2.75, 3.05) is 11.9 Å². The van der Waals surface area contributed by atoms with Gasteiger partial charge in [-0.3, -0.25) is 4.79 Å². The molecule has 98 valence electrons. The summed E-state index contributed by atoms with van der Waals surface area (Å²) in [6.07, 6.45) is 0.810. The van der Waals surface area contributed by atoms with Gasteiger partial charge in [-0.15, -0.1) is 0 Å².